The van der Waals surface area contributed by atoms with Crippen LogP contribution >= 0.6 is 22.5 Å². The lowest BCUT2D eigenvalue weighted by Crippen LogP contribution is -2.19. The number of benzene rings is 2. The largest absolute Gasteiger partial charge is 0.573 e. The predicted octanol–water partition coefficient (Wildman–Crippen LogP) is 7.19. The lowest BCUT2D eigenvalue weighted by atomic mass is 9.91. The SMILES string of the molecule is CC(Cc1cc(OC(F)(F)F)c(CSS)cc1F)c1c(F)cccc1OC(F)(F)F. The molecule has 166 valence electrons. The molecule has 0 spiro atoms. The fourth-order valence-corrected chi connectivity index (χ4v) is 3.62. The summed E-state index contributed by atoms with van der Waals surface area (Å²) in [6.45, 7) is 1.29. The smallest absolute Gasteiger partial charge is 0.405 e. The summed E-state index contributed by atoms with van der Waals surface area (Å²) >= 11 is 3.82. The van der Waals surface area contributed by atoms with Gasteiger partial charge >= 0.3 is 12.7 Å². The summed E-state index contributed by atoms with van der Waals surface area (Å²) in [7, 11) is 0.837. The Morgan fingerprint density at radius 3 is 2.07 bits per heavy atom. The Morgan fingerprint density at radius 2 is 1.50 bits per heavy atom. The second-order valence-electron chi connectivity index (χ2n) is 6.18. The highest BCUT2D eigenvalue weighted by molar-refractivity contribution is 8.68. The molecule has 0 heterocycles. The van der Waals surface area contributed by atoms with Crippen LogP contribution in [0.5, 0.6) is 11.5 Å². The summed E-state index contributed by atoms with van der Waals surface area (Å²) in [5.41, 5.74) is -0.897. The van der Waals surface area contributed by atoms with Gasteiger partial charge in [0.1, 0.15) is 23.1 Å². The van der Waals surface area contributed by atoms with Gasteiger partial charge in [-0.15, -0.1) is 38.0 Å². The van der Waals surface area contributed by atoms with E-state index < -0.39 is 53.8 Å². The monoisotopic (exact) mass is 478 g/mol. The van der Waals surface area contributed by atoms with Crippen LogP contribution in [0.3, 0.4) is 0 Å². The Hall–Kier alpha value is -1.82. The van der Waals surface area contributed by atoms with E-state index >= 15 is 0 Å². The zero-order valence-electron chi connectivity index (χ0n) is 15.1. The fourth-order valence-electron chi connectivity index (χ4n) is 2.84. The third-order valence-corrected chi connectivity index (χ3v) is 4.76. The van der Waals surface area contributed by atoms with E-state index in [0.717, 1.165) is 41.1 Å². The zero-order valence-corrected chi connectivity index (χ0v) is 16.8. The summed E-state index contributed by atoms with van der Waals surface area (Å²) in [5, 5.41) is 0. The van der Waals surface area contributed by atoms with Crippen molar-refractivity contribution >= 4 is 22.5 Å². The summed E-state index contributed by atoms with van der Waals surface area (Å²) in [4.78, 5) is 0. The standard InChI is InChI=1S/C18H14F8O2S2/c1-9(16-12(19)3-2-4-14(16)27-17(21,22)23)5-10-7-15(28-18(24,25)26)11(8-30-29)6-13(10)20/h2-4,6-7,9,29H,5,8H2,1H3. The summed E-state index contributed by atoms with van der Waals surface area (Å²) in [6, 6.07) is 4.41. The Balaban J connectivity index is 2.42. The molecule has 1 unspecified atom stereocenters. The first-order chi connectivity index (χ1) is 13.8. The van der Waals surface area contributed by atoms with Gasteiger partial charge in [-0.2, -0.15) is 0 Å². The number of hydrogen-bond acceptors (Lipinski definition) is 4. The van der Waals surface area contributed by atoms with Crippen molar-refractivity contribution in [3.8, 4) is 11.5 Å². The highest BCUT2D eigenvalue weighted by atomic mass is 33.1. The van der Waals surface area contributed by atoms with Gasteiger partial charge in [-0.1, -0.05) is 23.8 Å². The Bertz CT molecular complexity index is 884. The minimum Gasteiger partial charge on any atom is -0.405 e. The normalized spacial score (nSPS) is 13.3. The lowest BCUT2D eigenvalue weighted by Gasteiger charge is -2.20. The quantitative estimate of drug-likeness (QED) is 0.258. The van der Waals surface area contributed by atoms with Gasteiger partial charge in [0.2, 0.25) is 0 Å². The van der Waals surface area contributed by atoms with Crippen molar-refractivity contribution in [2.75, 3.05) is 0 Å². The Morgan fingerprint density at radius 1 is 0.900 bits per heavy atom. The minimum absolute atomic E-state index is 0.0990. The van der Waals surface area contributed by atoms with Crippen molar-refractivity contribution in [1.82, 2.24) is 0 Å². The molecule has 0 aliphatic rings. The number of halogens is 8. The fraction of sp³-hybridized carbons (Fsp3) is 0.333. The minimum atomic E-state index is -5.09. The molecular weight excluding hydrogens is 464 g/mol. The second-order valence-corrected chi connectivity index (χ2v) is 7.50. The average molecular weight is 478 g/mol. The van der Waals surface area contributed by atoms with Crippen molar-refractivity contribution in [2.45, 2.75) is 37.7 Å². The van der Waals surface area contributed by atoms with E-state index in [-0.39, 0.29) is 16.9 Å². The second kappa shape index (κ2) is 9.54. The maximum atomic E-state index is 14.5. The van der Waals surface area contributed by atoms with Gasteiger partial charge in [-0.05, 0) is 42.2 Å². The Labute approximate surface area is 175 Å². The highest BCUT2D eigenvalue weighted by Crippen LogP contribution is 2.37. The molecule has 0 saturated carbocycles. The Kier molecular flexibility index (Phi) is 7.78. The van der Waals surface area contributed by atoms with Gasteiger partial charge < -0.3 is 9.47 Å². The molecule has 0 aromatic heterocycles. The van der Waals surface area contributed by atoms with E-state index in [4.69, 9.17) is 0 Å². The van der Waals surface area contributed by atoms with E-state index in [0.29, 0.717) is 0 Å². The van der Waals surface area contributed by atoms with Gasteiger partial charge in [0, 0.05) is 16.9 Å². The summed E-state index contributed by atoms with van der Waals surface area (Å²) < 4.78 is 112. The van der Waals surface area contributed by atoms with Gasteiger partial charge in [-0.3, -0.25) is 0 Å². The topological polar surface area (TPSA) is 18.5 Å². The molecule has 2 rings (SSSR count). The highest BCUT2D eigenvalue weighted by Gasteiger charge is 2.34. The van der Waals surface area contributed by atoms with Crippen molar-refractivity contribution in [3.05, 3.63) is 58.7 Å². The molecule has 2 aromatic carbocycles. The van der Waals surface area contributed by atoms with E-state index in [1.807, 2.05) is 0 Å². The van der Waals surface area contributed by atoms with Crippen molar-refractivity contribution in [1.29, 1.82) is 0 Å². The number of hydrogen-bond donors (Lipinski definition) is 1. The average Bonchev–Trinajstić information content (AvgIpc) is 2.56. The first kappa shape index (κ1) is 24.4. The van der Waals surface area contributed by atoms with Gasteiger partial charge in [-0.25, -0.2) is 8.78 Å². The molecule has 0 amide bonds. The van der Waals surface area contributed by atoms with E-state index in [9.17, 15) is 35.1 Å². The molecule has 2 aromatic rings. The van der Waals surface area contributed by atoms with Crippen LogP contribution in [0.1, 0.15) is 29.5 Å². The number of rotatable bonds is 7. The summed E-state index contributed by atoms with van der Waals surface area (Å²) in [6.07, 6.45) is -10.5. The number of alkyl halides is 6. The van der Waals surface area contributed by atoms with Gasteiger partial charge in [0.05, 0.1) is 0 Å². The van der Waals surface area contributed by atoms with E-state index in [1.165, 1.54) is 6.92 Å². The molecule has 0 aliphatic carbocycles. The van der Waals surface area contributed by atoms with Crippen molar-refractivity contribution < 1.29 is 44.6 Å². The van der Waals surface area contributed by atoms with Crippen LogP contribution in [-0.2, 0) is 12.2 Å². The molecule has 0 fully saturated rings. The van der Waals surface area contributed by atoms with Gasteiger partial charge in [0.25, 0.3) is 0 Å². The van der Waals surface area contributed by atoms with Crippen LogP contribution < -0.4 is 9.47 Å². The molecule has 12 heteroatoms. The molecule has 0 saturated heterocycles. The molecule has 0 aliphatic heterocycles. The van der Waals surface area contributed by atoms with Crippen LogP contribution in [0, 0.1) is 11.6 Å². The first-order valence-electron chi connectivity index (χ1n) is 8.18. The molecule has 0 N–H and O–H groups in total. The van der Waals surface area contributed by atoms with Crippen LogP contribution in [0.4, 0.5) is 35.1 Å². The lowest BCUT2D eigenvalue weighted by molar-refractivity contribution is -0.275. The summed E-state index contributed by atoms with van der Waals surface area (Å²) in [5.74, 6) is -4.60. The molecule has 30 heavy (non-hydrogen) atoms. The van der Waals surface area contributed by atoms with Crippen molar-refractivity contribution in [3.63, 3.8) is 0 Å². The first-order valence-corrected chi connectivity index (χ1v) is 10.2. The van der Waals surface area contributed by atoms with E-state index in [1.54, 1.807) is 0 Å². The van der Waals surface area contributed by atoms with Gasteiger partial charge in [0.15, 0.2) is 0 Å². The zero-order chi connectivity index (χ0) is 22.7. The number of thiol groups is 1. The van der Waals surface area contributed by atoms with E-state index in [2.05, 4.69) is 21.1 Å². The molecule has 0 radical (unpaired) electrons. The third-order valence-electron chi connectivity index (χ3n) is 3.93. The maximum Gasteiger partial charge on any atom is 0.573 e. The predicted molar refractivity (Wildman–Crippen MR) is 98.6 cm³/mol. The molecule has 0 bridgehead atoms. The van der Waals surface area contributed by atoms with Crippen LogP contribution in [0.2, 0.25) is 0 Å². The van der Waals surface area contributed by atoms with Crippen LogP contribution in [-0.4, -0.2) is 12.7 Å². The molecule has 1 atom stereocenters. The number of ether oxygens (including phenoxy) is 2. The van der Waals surface area contributed by atoms with Crippen LogP contribution in [0.15, 0.2) is 30.3 Å². The van der Waals surface area contributed by atoms with Crippen molar-refractivity contribution in [2.24, 2.45) is 0 Å². The molecule has 2 nitrogen and oxygen atoms in total. The third kappa shape index (κ3) is 6.86. The van der Waals surface area contributed by atoms with Crippen LogP contribution in [0.25, 0.3) is 0 Å². The molecular formula is C18H14F8O2S2. The maximum absolute atomic E-state index is 14.5.